The fraction of sp³-hybridized carbons (Fsp3) is 0.350. The van der Waals surface area contributed by atoms with Gasteiger partial charge in [-0.3, -0.25) is 0 Å². The maximum absolute atomic E-state index is 12.2. The summed E-state index contributed by atoms with van der Waals surface area (Å²) >= 11 is 1.24. The van der Waals surface area contributed by atoms with Crippen LogP contribution in [0.2, 0.25) is 0 Å². The van der Waals surface area contributed by atoms with E-state index in [1.54, 1.807) is 18.2 Å². The van der Waals surface area contributed by atoms with Crippen molar-refractivity contribution in [3.63, 3.8) is 0 Å². The Morgan fingerprint density at radius 2 is 2.14 bits per heavy atom. The van der Waals surface area contributed by atoms with Gasteiger partial charge in [-0.2, -0.15) is 0 Å². The van der Waals surface area contributed by atoms with Gasteiger partial charge in [0.05, 0.1) is 23.7 Å². The van der Waals surface area contributed by atoms with Gasteiger partial charge in [0, 0.05) is 11.8 Å². The molecule has 0 radical (unpaired) electrons. The highest BCUT2D eigenvalue weighted by molar-refractivity contribution is 7.99. The van der Waals surface area contributed by atoms with Gasteiger partial charge in [0.1, 0.15) is 6.61 Å². The number of imidazole rings is 1. The molecule has 2 heterocycles. The number of ether oxygens (including phenoxy) is 1. The molecule has 1 aliphatic rings. The number of β-amino-alcohol motifs (C(OH)–C–C–N with tert-alkyl or cyclic N) is 1. The van der Waals surface area contributed by atoms with Crippen LogP contribution in [0.15, 0.2) is 48.7 Å². The third-order valence-corrected chi connectivity index (χ3v) is 5.73. The zero-order chi connectivity index (χ0) is 21.0. The van der Waals surface area contributed by atoms with Gasteiger partial charge in [-0.25, -0.2) is 19.1 Å². The predicted molar refractivity (Wildman–Crippen MR) is 110 cm³/mol. The number of aliphatic hydroxyl groups excluding tert-OH is 1. The molecule has 2 aromatic rings. The third-order valence-electron chi connectivity index (χ3n) is 4.65. The second kappa shape index (κ2) is 9.15. The summed E-state index contributed by atoms with van der Waals surface area (Å²) < 4.78 is 6.23. The monoisotopic (exact) mass is 417 g/mol. The van der Waals surface area contributed by atoms with Crippen LogP contribution in [0.4, 0.5) is 9.59 Å². The largest absolute Gasteiger partial charge is 0.464 e. The molecule has 1 saturated heterocycles. The van der Waals surface area contributed by atoms with E-state index in [2.05, 4.69) is 18.1 Å². The smallest absolute Gasteiger partial charge is 0.418 e. The first kappa shape index (κ1) is 20.9. The predicted octanol–water partition coefficient (Wildman–Crippen LogP) is 3.14. The number of thioether (sulfide) groups is 1. The highest BCUT2D eigenvalue weighted by atomic mass is 32.2. The second-order valence-corrected chi connectivity index (χ2v) is 7.65. The Morgan fingerprint density at radius 1 is 1.34 bits per heavy atom. The number of amides is 1. The number of nitrogens with zero attached hydrogens (tertiary/aromatic N) is 3. The van der Waals surface area contributed by atoms with Crippen molar-refractivity contribution < 1.29 is 24.5 Å². The number of fused-ring (bicyclic) bond motifs is 1. The highest BCUT2D eigenvalue weighted by Crippen LogP contribution is 2.30. The van der Waals surface area contributed by atoms with E-state index < -0.39 is 18.3 Å². The van der Waals surface area contributed by atoms with Crippen molar-refractivity contribution in [1.29, 1.82) is 0 Å². The number of carbonyl (C=O) groups excluding carboxylic acids is 1. The van der Waals surface area contributed by atoms with Crippen LogP contribution >= 0.6 is 11.8 Å². The number of rotatable bonds is 7. The Kier molecular flexibility index (Phi) is 6.60. The first-order valence-electron chi connectivity index (χ1n) is 9.16. The number of hydrogen-bond acceptors (Lipinski definition) is 6. The quantitative estimate of drug-likeness (QED) is 0.527. The van der Waals surface area contributed by atoms with Crippen LogP contribution in [-0.2, 0) is 11.2 Å². The van der Waals surface area contributed by atoms with Crippen molar-refractivity contribution in [3.8, 4) is 0 Å². The highest BCUT2D eigenvalue weighted by Gasteiger charge is 2.35. The van der Waals surface area contributed by atoms with Crippen molar-refractivity contribution in [2.24, 2.45) is 0 Å². The number of para-hydroxylation sites is 1. The van der Waals surface area contributed by atoms with Gasteiger partial charge in [0.2, 0.25) is 0 Å². The van der Waals surface area contributed by atoms with Gasteiger partial charge in [-0.1, -0.05) is 42.6 Å². The van der Waals surface area contributed by atoms with Gasteiger partial charge in [0.15, 0.2) is 5.16 Å². The summed E-state index contributed by atoms with van der Waals surface area (Å²) in [5.74, 6) is 0.383. The van der Waals surface area contributed by atoms with Crippen LogP contribution in [0, 0.1) is 0 Å². The zero-order valence-corrected chi connectivity index (χ0v) is 16.7. The first-order valence-corrected chi connectivity index (χ1v) is 10.1. The van der Waals surface area contributed by atoms with Crippen LogP contribution in [0.25, 0.3) is 11.0 Å². The summed E-state index contributed by atoms with van der Waals surface area (Å²) in [6.07, 6.45) is 1.90. The topological polar surface area (TPSA) is 105 Å². The molecule has 29 heavy (non-hydrogen) atoms. The molecule has 0 saturated carbocycles. The van der Waals surface area contributed by atoms with Crippen molar-refractivity contribution in [2.75, 3.05) is 18.9 Å². The van der Waals surface area contributed by atoms with Crippen LogP contribution in [-0.4, -0.2) is 67.9 Å². The molecule has 0 bridgehead atoms. The number of benzene rings is 1. The van der Waals surface area contributed by atoms with Gasteiger partial charge >= 0.3 is 12.2 Å². The fourth-order valence-corrected chi connectivity index (χ4v) is 4.51. The Labute approximate surface area is 172 Å². The number of allylic oxidation sites excluding steroid dienone is 1. The molecule has 1 fully saturated rings. The molecule has 154 valence electrons. The van der Waals surface area contributed by atoms with Crippen LogP contribution in [0.1, 0.15) is 12.0 Å². The third kappa shape index (κ3) is 4.46. The fourth-order valence-electron chi connectivity index (χ4n) is 3.40. The number of hydrogen-bond donors (Lipinski definition) is 2. The van der Waals surface area contributed by atoms with Crippen molar-refractivity contribution >= 4 is 35.0 Å². The standard InChI is InChI=1S/C20H23N3O5S/c1-3-6-13-7-5-8-16-17(13)21-18(23(16)19(25)26)29-12-14-10-15(24)11-22(14)20(27)28-9-4-2/h3-5,7-8,14-15,24H,1-2,6,9-12H2,(H,25,26)/t14-,15-/m1/s1. The minimum Gasteiger partial charge on any atom is -0.464 e. The maximum atomic E-state index is 12.2. The Bertz CT molecular complexity index is 942. The van der Waals surface area contributed by atoms with Crippen molar-refractivity contribution in [1.82, 2.24) is 14.5 Å². The van der Waals surface area contributed by atoms with Crippen LogP contribution in [0.3, 0.4) is 0 Å². The van der Waals surface area contributed by atoms with Crippen molar-refractivity contribution in [2.45, 2.75) is 30.1 Å². The number of aromatic nitrogens is 2. The lowest BCUT2D eigenvalue weighted by molar-refractivity contribution is 0.105. The van der Waals surface area contributed by atoms with E-state index in [0.717, 1.165) is 10.1 Å². The molecule has 1 aromatic heterocycles. The summed E-state index contributed by atoms with van der Waals surface area (Å²) in [7, 11) is 0. The lowest BCUT2D eigenvalue weighted by Gasteiger charge is -2.22. The van der Waals surface area contributed by atoms with Crippen molar-refractivity contribution in [3.05, 3.63) is 49.1 Å². The molecule has 1 aromatic carbocycles. The molecular weight excluding hydrogens is 394 g/mol. The van der Waals surface area contributed by atoms with Gasteiger partial charge in [-0.05, 0) is 24.5 Å². The lowest BCUT2D eigenvalue weighted by atomic mass is 10.1. The molecule has 9 heteroatoms. The molecule has 3 rings (SSSR count). The minimum absolute atomic E-state index is 0.0895. The van der Waals surface area contributed by atoms with Crippen LogP contribution < -0.4 is 0 Å². The van der Waals surface area contributed by atoms with E-state index in [9.17, 15) is 19.8 Å². The molecular formula is C20H23N3O5S. The van der Waals surface area contributed by atoms with E-state index in [4.69, 9.17) is 4.74 Å². The second-order valence-electron chi connectivity index (χ2n) is 6.66. The summed E-state index contributed by atoms with van der Waals surface area (Å²) in [6.45, 7) is 7.52. The lowest BCUT2D eigenvalue weighted by Crippen LogP contribution is -2.37. The van der Waals surface area contributed by atoms with E-state index >= 15 is 0 Å². The first-order chi connectivity index (χ1) is 14.0. The molecule has 0 aliphatic carbocycles. The van der Waals surface area contributed by atoms with Gasteiger partial charge in [-0.15, -0.1) is 6.58 Å². The summed E-state index contributed by atoms with van der Waals surface area (Å²) in [6, 6.07) is 5.11. The van der Waals surface area contributed by atoms with E-state index in [-0.39, 0.29) is 19.2 Å². The van der Waals surface area contributed by atoms with E-state index in [1.165, 1.54) is 22.7 Å². The maximum Gasteiger partial charge on any atom is 0.418 e. The molecule has 8 nitrogen and oxygen atoms in total. The molecule has 1 aliphatic heterocycles. The van der Waals surface area contributed by atoms with E-state index in [0.29, 0.717) is 34.8 Å². The summed E-state index contributed by atoms with van der Waals surface area (Å²) in [4.78, 5) is 30.1. The molecule has 0 unspecified atom stereocenters. The Morgan fingerprint density at radius 3 is 2.83 bits per heavy atom. The average Bonchev–Trinajstić information content (AvgIpc) is 3.25. The average molecular weight is 417 g/mol. The normalized spacial score (nSPS) is 18.7. The molecule has 2 N–H and O–H groups in total. The Hall–Kier alpha value is -2.78. The number of likely N-dealkylation sites (tertiary alicyclic amines) is 1. The Balaban J connectivity index is 1.84. The SMILES string of the molecule is C=CCOC(=O)N1C[C@H](O)C[C@@H]1CSc1nc2c(CC=C)cccc2n1C(=O)O. The molecule has 2 atom stereocenters. The number of carbonyl (C=O) groups is 2. The van der Waals surface area contributed by atoms with Crippen LogP contribution in [0.5, 0.6) is 0 Å². The molecule has 0 spiro atoms. The number of carboxylic acid groups (broad SMARTS) is 1. The zero-order valence-electron chi connectivity index (χ0n) is 15.9. The summed E-state index contributed by atoms with van der Waals surface area (Å²) in [5, 5.41) is 20.0. The van der Waals surface area contributed by atoms with Gasteiger partial charge in [0.25, 0.3) is 0 Å². The summed E-state index contributed by atoms with van der Waals surface area (Å²) in [5.41, 5.74) is 2.02. The van der Waals surface area contributed by atoms with E-state index in [1.807, 2.05) is 6.07 Å². The molecule has 1 amide bonds. The minimum atomic E-state index is -1.13. The number of aliphatic hydroxyl groups is 1. The van der Waals surface area contributed by atoms with Gasteiger partial charge < -0.3 is 19.8 Å².